The Morgan fingerprint density at radius 2 is 1.90 bits per heavy atom. The summed E-state index contributed by atoms with van der Waals surface area (Å²) in [6, 6.07) is 10.4. The van der Waals surface area contributed by atoms with Gasteiger partial charge in [0.05, 0.1) is 23.6 Å². The lowest BCUT2D eigenvalue weighted by Crippen LogP contribution is -2.54. The predicted molar refractivity (Wildman–Crippen MR) is 155 cm³/mol. The molecule has 2 fully saturated rings. The van der Waals surface area contributed by atoms with Crippen LogP contribution in [0.4, 0.5) is 8.78 Å². The van der Waals surface area contributed by atoms with E-state index < -0.39 is 17.8 Å². The summed E-state index contributed by atoms with van der Waals surface area (Å²) in [6.45, 7) is 7.96. The molecule has 3 aromatic rings. The Bertz CT molecular complexity index is 1370. The van der Waals surface area contributed by atoms with Crippen LogP contribution in [-0.4, -0.2) is 99.9 Å². The Kier molecular flexibility index (Phi) is 9.38. The van der Waals surface area contributed by atoms with Crippen molar-refractivity contribution in [2.24, 2.45) is 0 Å². The summed E-state index contributed by atoms with van der Waals surface area (Å²) in [7, 11) is 2.01. The van der Waals surface area contributed by atoms with E-state index in [0.29, 0.717) is 56.7 Å². The minimum absolute atomic E-state index is 0.136. The van der Waals surface area contributed by atoms with Crippen molar-refractivity contribution in [1.29, 1.82) is 0 Å². The minimum Gasteiger partial charge on any atom is -0.340 e. The quantitative estimate of drug-likeness (QED) is 0.333. The number of nitrogens with one attached hydrogen (secondary N) is 1. The van der Waals surface area contributed by atoms with Crippen LogP contribution >= 0.6 is 0 Å². The molecule has 0 unspecified atom stereocenters. The molecule has 2 aliphatic rings. The lowest BCUT2D eigenvalue weighted by molar-refractivity contribution is -0.135. The van der Waals surface area contributed by atoms with E-state index in [1.54, 1.807) is 17.2 Å². The number of hydrogen-bond donors (Lipinski definition) is 1. The van der Waals surface area contributed by atoms with Gasteiger partial charge < -0.3 is 15.1 Å². The first kappa shape index (κ1) is 29.5. The zero-order valence-corrected chi connectivity index (χ0v) is 23.8. The average molecular weight is 578 g/mol. The summed E-state index contributed by atoms with van der Waals surface area (Å²) >= 11 is 0. The Labute approximate surface area is 244 Å². The topological polar surface area (TPSA) is 86.6 Å². The number of piperazine rings is 1. The predicted octanol–water partition coefficient (Wildman–Crippen LogP) is 3.24. The van der Waals surface area contributed by atoms with Crippen molar-refractivity contribution in [3.8, 4) is 5.69 Å². The largest absolute Gasteiger partial charge is 0.340 e. The van der Waals surface area contributed by atoms with Crippen LogP contribution in [0.15, 0.2) is 67.5 Å². The summed E-state index contributed by atoms with van der Waals surface area (Å²) in [5.41, 5.74) is 1.42. The molecular formula is C31H37F2N7O2. The number of amides is 2. The van der Waals surface area contributed by atoms with Gasteiger partial charge in [-0.3, -0.25) is 14.5 Å². The van der Waals surface area contributed by atoms with Gasteiger partial charge in [-0.25, -0.2) is 13.5 Å². The maximum Gasteiger partial charge on any atom is 0.254 e. The molecule has 1 saturated carbocycles. The second-order valence-electron chi connectivity index (χ2n) is 11.1. The molecule has 2 aromatic carbocycles. The second-order valence-corrected chi connectivity index (χ2v) is 11.1. The molecule has 11 heteroatoms. The molecule has 5 rings (SSSR count). The highest BCUT2D eigenvalue weighted by molar-refractivity contribution is 5.98. The number of halogens is 2. The normalized spacial score (nSPS) is 19.5. The van der Waals surface area contributed by atoms with Gasteiger partial charge in [0.25, 0.3) is 5.91 Å². The molecule has 2 amide bonds. The smallest absolute Gasteiger partial charge is 0.254 e. The number of carbonyl (C=O) groups is 2. The van der Waals surface area contributed by atoms with Crippen LogP contribution < -0.4 is 5.32 Å². The monoisotopic (exact) mass is 577 g/mol. The SMILES string of the molecule is C=CCN(CCC[C@H](NC(=O)c1ccc(-n2ccnn2)cc1F)C(=O)N1CCN(C)CC1)[C@@H]1C[C@H]1c1ccc(F)cc1. The number of benzene rings is 2. The molecule has 1 saturated heterocycles. The Balaban J connectivity index is 1.25. The van der Waals surface area contributed by atoms with Crippen LogP contribution in [0.25, 0.3) is 5.69 Å². The highest BCUT2D eigenvalue weighted by Gasteiger charge is 2.42. The van der Waals surface area contributed by atoms with Crippen LogP contribution in [0.1, 0.15) is 41.1 Å². The molecule has 9 nitrogen and oxygen atoms in total. The summed E-state index contributed by atoms with van der Waals surface area (Å²) in [5.74, 6) is -1.41. The maximum absolute atomic E-state index is 15.0. The number of carbonyl (C=O) groups excluding carboxylic acids is 2. The third kappa shape index (κ3) is 7.08. The fraction of sp³-hybridized carbons (Fsp3) is 0.419. The molecule has 2 heterocycles. The molecule has 1 aliphatic heterocycles. The molecule has 1 aromatic heterocycles. The number of likely N-dealkylation sites (N-methyl/N-ethyl adjacent to an activating group) is 1. The van der Waals surface area contributed by atoms with E-state index in [0.717, 1.165) is 25.1 Å². The van der Waals surface area contributed by atoms with Crippen LogP contribution in [0.3, 0.4) is 0 Å². The zero-order chi connectivity index (χ0) is 29.6. The lowest BCUT2D eigenvalue weighted by Gasteiger charge is -2.35. The maximum atomic E-state index is 15.0. The fourth-order valence-electron chi connectivity index (χ4n) is 5.63. The van der Waals surface area contributed by atoms with E-state index in [1.165, 1.54) is 35.1 Å². The van der Waals surface area contributed by atoms with E-state index in [1.807, 2.05) is 25.3 Å². The summed E-state index contributed by atoms with van der Waals surface area (Å²) in [5, 5.41) is 10.4. The van der Waals surface area contributed by atoms with Gasteiger partial charge >= 0.3 is 0 Å². The van der Waals surface area contributed by atoms with Crippen LogP contribution in [0, 0.1) is 11.6 Å². The van der Waals surface area contributed by atoms with Crippen molar-refractivity contribution in [2.75, 3.05) is 46.3 Å². The van der Waals surface area contributed by atoms with Gasteiger partial charge in [-0.1, -0.05) is 23.4 Å². The summed E-state index contributed by atoms with van der Waals surface area (Å²) in [6.07, 6.45) is 6.97. The highest BCUT2D eigenvalue weighted by Crippen LogP contribution is 2.44. The first-order valence-corrected chi connectivity index (χ1v) is 14.4. The van der Waals surface area contributed by atoms with Crippen molar-refractivity contribution in [3.63, 3.8) is 0 Å². The standard InChI is InChI=1S/C31H37F2N7O2/c1-3-13-38(29-21-26(29)22-6-8-23(32)9-7-22)14-4-5-28(31(42)39-18-16-37(2)17-19-39)35-30(41)25-11-10-24(20-27(25)33)40-15-12-34-36-40/h3,6-12,15,20,26,28-29H,1,4-5,13-14,16-19,21H2,2H3,(H,35,41)/t26-,28-,29+/m0/s1. The third-order valence-corrected chi connectivity index (χ3v) is 8.13. The molecular weight excluding hydrogens is 540 g/mol. The van der Waals surface area contributed by atoms with Crippen molar-refractivity contribution >= 4 is 11.8 Å². The first-order valence-electron chi connectivity index (χ1n) is 14.4. The molecule has 0 spiro atoms. The molecule has 0 bridgehead atoms. The van der Waals surface area contributed by atoms with Crippen molar-refractivity contribution in [1.82, 2.24) is 35.0 Å². The molecule has 0 radical (unpaired) electrons. The summed E-state index contributed by atoms with van der Waals surface area (Å²) in [4.78, 5) is 33.1. The van der Waals surface area contributed by atoms with E-state index in [9.17, 15) is 14.0 Å². The van der Waals surface area contributed by atoms with Gasteiger partial charge in [-0.15, -0.1) is 11.7 Å². The molecule has 1 aliphatic carbocycles. The molecule has 222 valence electrons. The van der Waals surface area contributed by atoms with E-state index in [2.05, 4.69) is 32.0 Å². The third-order valence-electron chi connectivity index (χ3n) is 8.13. The van der Waals surface area contributed by atoms with E-state index >= 15 is 4.39 Å². The number of hydrogen-bond acceptors (Lipinski definition) is 6. The van der Waals surface area contributed by atoms with Gasteiger partial charge in [0.1, 0.15) is 17.7 Å². The molecule has 1 N–H and O–H groups in total. The molecule has 42 heavy (non-hydrogen) atoms. The lowest BCUT2D eigenvalue weighted by atomic mass is 10.1. The van der Waals surface area contributed by atoms with E-state index in [4.69, 9.17) is 0 Å². The van der Waals surface area contributed by atoms with Crippen LogP contribution in [0.5, 0.6) is 0 Å². The van der Waals surface area contributed by atoms with Gasteiger partial charge in [0, 0.05) is 50.7 Å². The average Bonchev–Trinajstić information content (AvgIpc) is 3.58. The Hall–Kier alpha value is -3.96. The van der Waals surface area contributed by atoms with Crippen molar-refractivity contribution < 1.29 is 18.4 Å². The highest BCUT2D eigenvalue weighted by atomic mass is 19.1. The van der Waals surface area contributed by atoms with Gasteiger partial charge in [-0.05, 0) is 62.7 Å². The minimum atomic E-state index is -0.784. The Morgan fingerprint density at radius 1 is 1.14 bits per heavy atom. The zero-order valence-electron chi connectivity index (χ0n) is 23.8. The first-order chi connectivity index (χ1) is 20.3. The van der Waals surface area contributed by atoms with Crippen LogP contribution in [-0.2, 0) is 4.79 Å². The fourth-order valence-corrected chi connectivity index (χ4v) is 5.63. The van der Waals surface area contributed by atoms with E-state index in [-0.39, 0.29) is 17.3 Å². The van der Waals surface area contributed by atoms with Gasteiger partial charge in [0.15, 0.2) is 0 Å². The Morgan fingerprint density at radius 3 is 2.57 bits per heavy atom. The number of rotatable bonds is 12. The van der Waals surface area contributed by atoms with Gasteiger partial charge in [-0.2, -0.15) is 0 Å². The number of nitrogens with zero attached hydrogens (tertiary/aromatic N) is 6. The van der Waals surface area contributed by atoms with Gasteiger partial charge in [0.2, 0.25) is 5.91 Å². The van der Waals surface area contributed by atoms with Crippen LogP contribution in [0.2, 0.25) is 0 Å². The van der Waals surface area contributed by atoms with Crippen molar-refractivity contribution in [2.45, 2.75) is 37.3 Å². The second kappa shape index (κ2) is 13.3. The number of aromatic nitrogens is 3. The van der Waals surface area contributed by atoms with Crippen molar-refractivity contribution in [3.05, 3.63) is 90.3 Å². The molecule has 3 atom stereocenters. The summed E-state index contributed by atoms with van der Waals surface area (Å²) < 4.78 is 29.8.